The molecule has 5 aromatic rings. The van der Waals surface area contributed by atoms with Crippen LogP contribution in [-0.2, 0) is 25.7 Å². The second kappa shape index (κ2) is 16.1. The first-order valence-corrected chi connectivity index (χ1v) is 16.8. The zero-order valence-electron chi connectivity index (χ0n) is 28.0. The number of nitrogens with one attached hydrogen (secondary N) is 4. The van der Waals surface area contributed by atoms with Gasteiger partial charge in [0.05, 0.1) is 0 Å². The van der Waals surface area contributed by atoms with Crippen LogP contribution in [0.1, 0.15) is 43.0 Å². The molecule has 2 amide bonds. The number of rotatable bonds is 13. The Kier molecular flexibility index (Phi) is 11.0. The minimum Gasteiger partial charge on any atom is -0.423 e. The molecule has 1 atom stereocenters. The number of tetrazole rings is 1. The molecular weight excluding hydrogens is 648 g/mol. The summed E-state index contributed by atoms with van der Waals surface area (Å²) in [5.41, 5.74) is 1.37. The Balaban J connectivity index is 1.31. The Morgan fingerprint density at radius 1 is 0.824 bits per heavy atom. The fourth-order valence-electron chi connectivity index (χ4n) is 5.78. The molecule has 1 aromatic heterocycles. The van der Waals surface area contributed by atoms with Crippen LogP contribution < -0.4 is 21.3 Å². The first kappa shape index (κ1) is 34.8. The minimum absolute atomic E-state index is 0.0263. The molecule has 4 aromatic carbocycles. The molecule has 6 rings (SSSR count). The van der Waals surface area contributed by atoms with Crippen molar-refractivity contribution in [3.63, 3.8) is 0 Å². The van der Waals surface area contributed by atoms with E-state index in [0.717, 1.165) is 17.5 Å². The van der Waals surface area contributed by atoms with Crippen molar-refractivity contribution in [1.82, 2.24) is 30.8 Å². The van der Waals surface area contributed by atoms with Crippen molar-refractivity contribution in [1.29, 1.82) is 0 Å². The van der Waals surface area contributed by atoms with Gasteiger partial charge in [0.25, 0.3) is 11.8 Å². The number of carbonyl (C=O) groups excluding carboxylic acids is 4. The quantitative estimate of drug-likeness (QED) is 0.0584. The summed E-state index contributed by atoms with van der Waals surface area (Å²) >= 11 is 0. The maximum Gasteiger partial charge on any atom is 0.325 e. The molecule has 0 bridgehead atoms. The Morgan fingerprint density at radius 3 is 2.02 bits per heavy atom. The number of benzene rings is 4. The lowest BCUT2D eigenvalue weighted by Gasteiger charge is -2.32. The van der Waals surface area contributed by atoms with Crippen molar-refractivity contribution in [2.24, 2.45) is 0 Å². The van der Waals surface area contributed by atoms with Crippen molar-refractivity contribution in [3.8, 4) is 22.5 Å². The highest BCUT2D eigenvalue weighted by Crippen LogP contribution is 2.31. The molecule has 260 valence electrons. The van der Waals surface area contributed by atoms with Gasteiger partial charge in [-0.25, -0.2) is 0 Å². The number of anilines is 2. The lowest BCUT2D eigenvalue weighted by Crippen LogP contribution is -2.65. The van der Waals surface area contributed by atoms with Crippen molar-refractivity contribution in [2.75, 3.05) is 17.2 Å². The Bertz CT molecular complexity index is 1920. The van der Waals surface area contributed by atoms with Crippen LogP contribution in [0, 0.1) is 0 Å². The third-order valence-electron chi connectivity index (χ3n) is 8.45. The second-order valence-electron chi connectivity index (χ2n) is 12.0. The van der Waals surface area contributed by atoms with Crippen LogP contribution in [0.5, 0.6) is 0 Å². The predicted octanol–water partition coefficient (Wildman–Crippen LogP) is 4.81. The number of amides is 2. The van der Waals surface area contributed by atoms with E-state index in [2.05, 4.69) is 36.8 Å². The molecule has 0 radical (unpaired) electrons. The highest BCUT2D eigenvalue weighted by Gasteiger charge is 2.51. The number of nitrogens with zero attached hydrogens (tertiary/aromatic N) is 4. The third kappa shape index (κ3) is 8.06. The Labute approximate surface area is 294 Å². The monoisotopic (exact) mass is 686 g/mol. The van der Waals surface area contributed by atoms with E-state index in [-0.39, 0.29) is 12.5 Å². The highest BCUT2D eigenvalue weighted by molar-refractivity contribution is 6.18. The predicted molar refractivity (Wildman–Crippen MR) is 191 cm³/mol. The van der Waals surface area contributed by atoms with E-state index < -0.39 is 29.6 Å². The van der Waals surface area contributed by atoms with Gasteiger partial charge in [0, 0.05) is 29.9 Å². The molecule has 13 heteroatoms. The standard InChI is InChI=1S/C38H38N8O5/c1-2-12-33(47)46-34(43-44-45-46)31-18-10-9-17-30(31)27-22-20-26(21-23-27)25-40-38(51-35(48)32-19-11-24-39-32,36(49)41-28-13-5-3-6-14-28)37(50)42-29-15-7-4-8-16-29/h3-10,13-18,20-23,32,39-40H,2,11-12,19,24-25H2,1H3,(H,41,49)(H,42,50). The maximum absolute atomic E-state index is 14.2. The molecule has 1 saturated heterocycles. The molecular formula is C38H38N8O5. The van der Waals surface area contributed by atoms with Crippen LogP contribution in [0.4, 0.5) is 11.4 Å². The van der Waals surface area contributed by atoms with Gasteiger partial charge in [-0.1, -0.05) is 91.9 Å². The summed E-state index contributed by atoms with van der Waals surface area (Å²) in [6.45, 7) is 2.51. The summed E-state index contributed by atoms with van der Waals surface area (Å²) in [6, 6.07) is 31.5. The van der Waals surface area contributed by atoms with Crippen molar-refractivity contribution < 1.29 is 23.9 Å². The summed E-state index contributed by atoms with van der Waals surface area (Å²) in [4.78, 5) is 54.5. The van der Waals surface area contributed by atoms with Gasteiger partial charge in [0.15, 0.2) is 5.82 Å². The zero-order chi connectivity index (χ0) is 35.6. The van der Waals surface area contributed by atoms with Gasteiger partial charge >= 0.3 is 11.7 Å². The number of aromatic nitrogens is 4. The maximum atomic E-state index is 14.2. The molecule has 1 fully saturated rings. The fraction of sp³-hybridized carbons (Fsp3) is 0.237. The number of carbonyl (C=O) groups is 4. The van der Waals surface area contributed by atoms with Crippen LogP contribution in [0.15, 0.2) is 109 Å². The van der Waals surface area contributed by atoms with E-state index in [0.29, 0.717) is 54.1 Å². The van der Waals surface area contributed by atoms with Gasteiger partial charge in [0.2, 0.25) is 5.91 Å². The van der Waals surface area contributed by atoms with Gasteiger partial charge in [-0.05, 0) is 77.2 Å². The Hall–Kier alpha value is -6.05. The summed E-state index contributed by atoms with van der Waals surface area (Å²) in [5, 5.41) is 23.4. The smallest absolute Gasteiger partial charge is 0.325 e. The summed E-state index contributed by atoms with van der Waals surface area (Å²) in [6.07, 6.45) is 2.24. The topological polar surface area (TPSA) is 169 Å². The molecule has 0 saturated carbocycles. The summed E-state index contributed by atoms with van der Waals surface area (Å²) in [7, 11) is 0. The van der Waals surface area contributed by atoms with Gasteiger partial charge in [-0.2, -0.15) is 4.68 Å². The van der Waals surface area contributed by atoms with Crippen LogP contribution in [0.25, 0.3) is 22.5 Å². The van der Waals surface area contributed by atoms with Crippen LogP contribution in [0.3, 0.4) is 0 Å². The van der Waals surface area contributed by atoms with Crippen LogP contribution in [-0.4, -0.2) is 62.2 Å². The van der Waals surface area contributed by atoms with Gasteiger partial charge < -0.3 is 20.7 Å². The van der Waals surface area contributed by atoms with E-state index in [1.807, 2.05) is 55.5 Å². The molecule has 2 heterocycles. The largest absolute Gasteiger partial charge is 0.423 e. The van der Waals surface area contributed by atoms with Crippen molar-refractivity contribution >= 4 is 35.1 Å². The zero-order valence-corrected chi connectivity index (χ0v) is 28.0. The van der Waals surface area contributed by atoms with Gasteiger partial charge in [-0.15, -0.1) is 5.10 Å². The number of esters is 1. The van der Waals surface area contributed by atoms with E-state index in [4.69, 9.17) is 4.74 Å². The third-order valence-corrected chi connectivity index (χ3v) is 8.45. The molecule has 1 aliphatic heterocycles. The highest BCUT2D eigenvalue weighted by atomic mass is 16.6. The van der Waals surface area contributed by atoms with Gasteiger partial charge in [-0.3, -0.25) is 24.5 Å². The molecule has 1 aliphatic rings. The van der Waals surface area contributed by atoms with E-state index >= 15 is 0 Å². The molecule has 1 unspecified atom stereocenters. The lowest BCUT2D eigenvalue weighted by atomic mass is 9.98. The SMILES string of the molecule is CCCC(=O)n1nnnc1-c1ccccc1-c1ccc(CNC(OC(=O)C2CCCN2)(C(=O)Nc2ccccc2)C(=O)Nc2ccccc2)cc1. The molecule has 13 nitrogen and oxygen atoms in total. The molecule has 0 spiro atoms. The number of hydrogen-bond donors (Lipinski definition) is 4. The molecule has 4 N–H and O–H groups in total. The first-order chi connectivity index (χ1) is 24.9. The summed E-state index contributed by atoms with van der Waals surface area (Å²) in [5.74, 6) is -2.32. The second-order valence-corrected chi connectivity index (χ2v) is 12.0. The fourth-order valence-corrected chi connectivity index (χ4v) is 5.78. The first-order valence-electron chi connectivity index (χ1n) is 16.8. The average molecular weight is 687 g/mol. The number of ether oxygens (including phenoxy) is 1. The van der Waals surface area contributed by atoms with Crippen molar-refractivity contribution in [3.05, 3.63) is 115 Å². The van der Waals surface area contributed by atoms with Gasteiger partial charge in [0.1, 0.15) is 6.04 Å². The van der Waals surface area contributed by atoms with Crippen molar-refractivity contribution in [2.45, 2.75) is 50.9 Å². The molecule has 51 heavy (non-hydrogen) atoms. The van der Waals surface area contributed by atoms with E-state index in [1.54, 1.807) is 60.7 Å². The normalized spacial score (nSPS) is 14.1. The van der Waals surface area contributed by atoms with Crippen LogP contribution in [0.2, 0.25) is 0 Å². The minimum atomic E-state index is -2.46. The van der Waals surface area contributed by atoms with Crippen LogP contribution >= 0.6 is 0 Å². The Morgan fingerprint density at radius 2 is 1.43 bits per heavy atom. The summed E-state index contributed by atoms with van der Waals surface area (Å²) < 4.78 is 7.15. The van der Waals surface area contributed by atoms with E-state index in [1.165, 1.54) is 4.68 Å². The van der Waals surface area contributed by atoms with E-state index in [9.17, 15) is 19.2 Å². The molecule has 0 aliphatic carbocycles. The average Bonchev–Trinajstić information content (AvgIpc) is 3.88. The number of hydrogen-bond acceptors (Lipinski definition) is 10. The lowest BCUT2D eigenvalue weighted by molar-refractivity contribution is -0.176. The number of para-hydroxylation sites is 2.